The van der Waals surface area contributed by atoms with Gasteiger partial charge in [-0.15, -0.1) is 0 Å². The lowest BCUT2D eigenvalue weighted by Gasteiger charge is -2.19. The largest absolute Gasteiger partial charge is 0.378 e. The summed E-state index contributed by atoms with van der Waals surface area (Å²) in [6.45, 7) is 6.65. The normalized spacial score (nSPS) is 12.5. The second-order valence-electron chi connectivity index (χ2n) is 7.32. The van der Waals surface area contributed by atoms with Gasteiger partial charge in [0.2, 0.25) is 0 Å². The first-order valence-corrected chi connectivity index (χ1v) is 8.07. The van der Waals surface area contributed by atoms with Crippen LogP contribution >= 0.6 is 0 Å². The van der Waals surface area contributed by atoms with Crippen molar-refractivity contribution < 1.29 is 0 Å². The summed E-state index contributed by atoms with van der Waals surface area (Å²) in [6.07, 6.45) is 0.748. The van der Waals surface area contributed by atoms with E-state index in [2.05, 4.69) is 68.1 Å². The minimum absolute atomic E-state index is 0.115. The van der Waals surface area contributed by atoms with Crippen molar-refractivity contribution in [1.29, 1.82) is 5.26 Å². The molecule has 1 atom stereocenters. The molecule has 0 amide bonds. The molecule has 120 valence electrons. The monoisotopic (exact) mass is 306 g/mol. The maximum Gasteiger partial charge on any atom is 0.0753 e. The van der Waals surface area contributed by atoms with Crippen LogP contribution in [0, 0.1) is 11.3 Å². The third-order valence-electron chi connectivity index (χ3n) is 4.20. The molecule has 0 aliphatic rings. The second kappa shape index (κ2) is 6.87. The highest BCUT2D eigenvalue weighted by Gasteiger charge is 2.15. The van der Waals surface area contributed by atoms with E-state index in [0.717, 1.165) is 17.7 Å². The molecule has 23 heavy (non-hydrogen) atoms. The predicted molar refractivity (Wildman–Crippen MR) is 98.0 cm³/mol. The van der Waals surface area contributed by atoms with Gasteiger partial charge in [0.05, 0.1) is 12.0 Å². The number of benzene rings is 2. The summed E-state index contributed by atoms with van der Waals surface area (Å²) in [5, 5.41) is 9.59. The van der Waals surface area contributed by atoms with Gasteiger partial charge in [-0.25, -0.2) is 0 Å². The highest BCUT2D eigenvalue weighted by molar-refractivity contribution is 5.49. The topological polar surface area (TPSA) is 27.0 Å². The van der Waals surface area contributed by atoms with Crippen LogP contribution in [-0.2, 0) is 11.8 Å². The number of hydrogen-bond donors (Lipinski definition) is 0. The van der Waals surface area contributed by atoms with Gasteiger partial charge in [-0.2, -0.15) is 5.26 Å². The van der Waals surface area contributed by atoms with Crippen molar-refractivity contribution in [1.82, 2.24) is 0 Å². The van der Waals surface area contributed by atoms with Gasteiger partial charge in [-0.05, 0) is 40.7 Å². The Balaban J connectivity index is 2.20. The maximum atomic E-state index is 9.59. The SMILES string of the molecule is CN(C)c1cccc(C(C#N)Cc2ccc(C(C)(C)C)cc2)c1. The highest BCUT2D eigenvalue weighted by Crippen LogP contribution is 2.26. The number of nitriles is 1. The van der Waals surface area contributed by atoms with E-state index in [1.807, 2.05) is 26.2 Å². The molecule has 0 aromatic heterocycles. The highest BCUT2D eigenvalue weighted by atomic mass is 15.1. The molecule has 0 spiro atoms. The van der Waals surface area contributed by atoms with Crippen LogP contribution in [0.15, 0.2) is 48.5 Å². The molecule has 2 aromatic rings. The molecular formula is C21H26N2. The number of rotatable bonds is 4. The van der Waals surface area contributed by atoms with Crippen molar-refractivity contribution in [3.8, 4) is 6.07 Å². The standard InChI is InChI=1S/C21H26N2/c1-21(2,3)19-11-9-16(10-12-19)13-18(15-22)17-7-6-8-20(14-17)23(4)5/h6-12,14,18H,13H2,1-5H3. The summed E-state index contributed by atoms with van der Waals surface area (Å²) in [7, 11) is 4.04. The molecule has 0 aliphatic heterocycles. The van der Waals surface area contributed by atoms with E-state index in [1.165, 1.54) is 11.1 Å². The average molecular weight is 306 g/mol. The zero-order valence-corrected chi connectivity index (χ0v) is 14.8. The van der Waals surface area contributed by atoms with Crippen molar-refractivity contribution >= 4 is 5.69 Å². The van der Waals surface area contributed by atoms with Crippen LogP contribution in [0.5, 0.6) is 0 Å². The van der Waals surface area contributed by atoms with E-state index in [9.17, 15) is 5.26 Å². The first kappa shape index (κ1) is 17.1. The van der Waals surface area contributed by atoms with Crippen molar-refractivity contribution in [2.45, 2.75) is 38.5 Å². The Morgan fingerprint density at radius 3 is 2.22 bits per heavy atom. The molecule has 2 heteroatoms. The Kier molecular flexibility index (Phi) is 5.11. The number of anilines is 1. The lowest BCUT2D eigenvalue weighted by Crippen LogP contribution is -2.11. The average Bonchev–Trinajstić information content (AvgIpc) is 2.52. The molecule has 0 aliphatic carbocycles. The molecular weight excluding hydrogens is 280 g/mol. The number of hydrogen-bond acceptors (Lipinski definition) is 2. The van der Waals surface area contributed by atoms with Crippen molar-refractivity contribution in [3.63, 3.8) is 0 Å². The molecule has 2 nitrogen and oxygen atoms in total. The lowest BCUT2D eigenvalue weighted by atomic mass is 9.85. The maximum absolute atomic E-state index is 9.59. The van der Waals surface area contributed by atoms with Crippen molar-refractivity contribution in [2.75, 3.05) is 19.0 Å². The Morgan fingerprint density at radius 2 is 1.70 bits per heavy atom. The van der Waals surface area contributed by atoms with Crippen LogP contribution in [0.2, 0.25) is 0 Å². The second-order valence-corrected chi connectivity index (χ2v) is 7.32. The van der Waals surface area contributed by atoms with E-state index in [4.69, 9.17) is 0 Å². The summed E-state index contributed by atoms with van der Waals surface area (Å²) in [4.78, 5) is 2.07. The molecule has 0 fully saturated rings. The van der Waals surface area contributed by atoms with Gasteiger partial charge < -0.3 is 4.90 Å². The molecule has 0 N–H and O–H groups in total. The van der Waals surface area contributed by atoms with Gasteiger partial charge in [0.25, 0.3) is 0 Å². The van der Waals surface area contributed by atoms with E-state index in [1.54, 1.807) is 0 Å². The van der Waals surface area contributed by atoms with Gasteiger partial charge in [0.15, 0.2) is 0 Å². The van der Waals surface area contributed by atoms with Crippen LogP contribution in [-0.4, -0.2) is 14.1 Å². The van der Waals surface area contributed by atoms with Gasteiger partial charge in [-0.1, -0.05) is 57.2 Å². The van der Waals surface area contributed by atoms with Crippen molar-refractivity contribution in [2.24, 2.45) is 0 Å². The van der Waals surface area contributed by atoms with Crippen LogP contribution < -0.4 is 4.90 Å². The molecule has 0 radical (unpaired) electrons. The first-order valence-electron chi connectivity index (χ1n) is 8.07. The van der Waals surface area contributed by atoms with Crippen LogP contribution in [0.25, 0.3) is 0 Å². The summed E-state index contributed by atoms with van der Waals surface area (Å²) in [5.41, 5.74) is 4.90. The Bertz CT molecular complexity index is 685. The van der Waals surface area contributed by atoms with Gasteiger partial charge in [0, 0.05) is 19.8 Å². The fraction of sp³-hybridized carbons (Fsp3) is 0.381. The molecule has 0 bridgehead atoms. The van der Waals surface area contributed by atoms with Gasteiger partial charge in [0.1, 0.15) is 0 Å². The fourth-order valence-electron chi connectivity index (χ4n) is 2.63. The zero-order chi connectivity index (χ0) is 17.0. The minimum atomic E-state index is -0.115. The quantitative estimate of drug-likeness (QED) is 0.803. The molecule has 1 unspecified atom stereocenters. The van der Waals surface area contributed by atoms with Crippen LogP contribution in [0.4, 0.5) is 5.69 Å². The summed E-state index contributed by atoms with van der Waals surface area (Å²) in [5.74, 6) is -0.115. The summed E-state index contributed by atoms with van der Waals surface area (Å²) >= 11 is 0. The number of nitrogens with zero attached hydrogens (tertiary/aromatic N) is 2. The van der Waals surface area contributed by atoms with E-state index < -0.39 is 0 Å². The summed E-state index contributed by atoms with van der Waals surface area (Å²) in [6, 6.07) is 19.4. The van der Waals surface area contributed by atoms with E-state index in [0.29, 0.717) is 0 Å². The molecule has 0 saturated carbocycles. The Labute approximate surface area is 140 Å². The van der Waals surface area contributed by atoms with E-state index in [-0.39, 0.29) is 11.3 Å². The van der Waals surface area contributed by atoms with Gasteiger partial charge >= 0.3 is 0 Å². The lowest BCUT2D eigenvalue weighted by molar-refractivity contribution is 0.590. The Hall–Kier alpha value is -2.27. The van der Waals surface area contributed by atoms with E-state index >= 15 is 0 Å². The molecule has 0 heterocycles. The minimum Gasteiger partial charge on any atom is -0.378 e. The molecule has 2 rings (SSSR count). The predicted octanol–water partition coefficient (Wildman–Crippen LogP) is 4.90. The van der Waals surface area contributed by atoms with Crippen molar-refractivity contribution in [3.05, 3.63) is 65.2 Å². The molecule has 0 saturated heterocycles. The third kappa shape index (κ3) is 4.36. The summed E-state index contributed by atoms with van der Waals surface area (Å²) < 4.78 is 0. The molecule has 2 aromatic carbocycles. The smallest absolute Gasteiger partial charge is 0.0753 e. The Morgan fingerprint density at radius 1 is 1.04 bits per heavy atom. The zero-order valence-electron chi connectivity index (χ0n) is 14.8. The first-order chi connectivity index (χ1) is 10.8. The van der Waals surface area contributed by atoms with Crippen LogP contribution in [0.3, 0.4) is 0 Å². The third-order valence-corrected chi connectivity index (χ3v) is 4.20. The van der Waals surface area contributed by atoms with Crippen LogP contribution in [0.1, 0.15) is 43.4 Å². The fourth-order valence-corrected chi connectivity index (χ4v) is 2.63. The van der Waals surface area contributed by atoms with Gasteiger partial charge in [-0.3, -0.25) is 0 Å².